The van der Waals surface area contributed by atoms with E-state index in [-0.39, 0.29) is 17.8 Å². The zero-order valence-corrected chi connectivity index (χ0v) is 18.1. The molecule has 1 fully saturated rings. The third-order valence-corrected chi connectivity index (χ3v) is 7.50. The van der Waals surface area contributed by atoms with Crippen molar-refractivity contribution < 1.29 is 17.9 Å². The van der Waals surface area contributed by atoms with Crippen LogP contribution in [-0.2, 0) is 10.0 Å². The number of hydrogen-bond acceptors (Lipinski definition) is 5. The lowest BCUT2D eigenvalue weighted by Gasteiger charge is -2.37. The summed E-state index contributed by atoms with van der Waals surface area (Å²) in [6.07, 6.45) is 0.508. The normalized spacial score (nSPS) is 19.9. The van der Waals surface area contributed by atoms with Gasteiger partial charge in [0.15, 0.2) is 0 Å². The maximum atomic E-state index is 12.9. The van der Waals surface area contributed by atoms with Crippen molar-refractivity contribution in [1.29, 1.82) is 0 Å². The number of carbonyl (C=O) groups is 1. The first-order valence-electron chi connectivity index (χ1n) is 10.3. The predicted octanol–water partition coefficient (Wildman–Crippen LogP) is 2.59. The summed E-state index contributed by atoms with van der Waals surface area (Å²) in [5.74, 6) is 0.902. The van der Waals surface area contributed by atoms with Crippen LogP contribution in [0.15, 0.2) is 48.5 Å². The van der Waals surface area contributed by atoms with Gasteiger partial charge in [0, 0.05) is 25.7 Å². The number of carbonyl (C=O) groups excluding carboxylic acids is 1. The molecule has 4 rings (SSSR count). The Hall–Kier alpha value is -2.74. The fraction of sp³-hybridized carbons (Fsp3) is 0.409. The molecule has 8 heteroatoms. The topological polar surface area (TPSA) is 70.2 Å². The number of anilines is 2. The van der Waals surface area contributed by atoms with Crippen LogP contribution in [0, 0.1) is 0 Å². The van der Waals surface area contributed by atoms with Gasteiger partial charge in [-0.2, -0.15) is 0 Å². The summed E-state index contributed by atoms with van der Waals surface area (Å²) in [6, 6.07) is 14.7. The van der Waals surface area contributed by atoms with Gasteiger partial charge < -0.3 is 14.5 Å². The van der Waals surface area contributed by atoms with Crippen molar-refractivity contribution in [3.05, 3.63) is 54.1 Å². The number of benzene rings is 2. The molecule has 0 spiro atoms. The van der Waals surface area contributed by atoms with Gasteiger partial charge in [0.2, 0.25) is 10.0 Å². The van der Waals surface area contributed by atoms with Gasteiger partial charge in [-0.05, 0) is 49.7 Å². The van der Waals surface area contributed by atoms with E-state index >= 15 is 0 Å². The summed E-state index contributed by atoms with van der Waals surface area (Å²) >= 11 is 0. The number of amides is 1. The van der Waals surface area contributed by atoms with E-state index in [2.05, 4.69) is 11.8 Å². The van der Waals surface area contributed by atoms with E-state index in [4.69, 9.17) is 4.74 Å². The zero-order chi connectivity index (χ0) is 21.3. The van der Waals surface area contributed by atoms with Crippen LogP contribution in [0.2, 0.25) is 0 Å². The first-order valence-corrected chi connectivity index (χ1v) is 11.9. The molecule has 30 heavy (non-hydrogen) atoms. The Labute approximate surface area is 177 Å². The third-order valence-electron chi connectivity index (χ3n) is 5.63. The molecule has 0 saturated carbocycles. The number of rotatable bonds is 5. The lowest BCUT2D eigenvalue weighted by Crippen LogP contribution is -2.46. The fourth-order valence-corrected chi connectivity index (χ4v) is 5.65. The number of likely N-dealkylation sites (N-methyl/N-ethyl adjacent to an activating group) is 2. The first-order chi connectivity index (χ1) is 14.4. The van der Waals surface area contributed by atoms with E-state index in [9.17, 15) is 13.2 Å². The molecule has 1 atom stereocenters. The predicted molar refractivity (Wildman–Crippen MR) is 118 cm³/mol. The van der Waals surface area contributed by atoms with E-state index in [0.29, 0.717) is 30.8 Å². The summed E-state index contributed by atoms with van der Waals surface area (Å²) in [4.78, 5) is 16.8. The van der Waals surface area contributed by atoms with Crippen LogP contribution >= 0.6 is 0 Å². The Morgan fingerprint density at radius 3 is 2.57 bits per heavy atom. The van der Waals surface area contributed by atoms with E-state index in [1.165, 1.54) is 4.31 Å². The molecule has 2 aliphatic heterocycles. The van der Waals surface area contributed by atoms with Crippen molar-refractivity contribution in [3.63, 3.8) is 0 Å². The average Bonchev–Trinajstić information content (AvgIpc) is 3.11. The Balaban J connectivity index is 1.43. The van der Waals surface area contributed by atoms with Crippen molar-refractivity contribution >= 4 is 27.3 Å². The fourth-order valence-electron chi connectivity index (χ4n) is 4.08. The van der Waals surface area contributed by atoms with Gasteiger partial charge in [-0.1, -0.05) is 12.1 Å². The quantitative estimate of drug-likeness (QED) is 0.731. The smallest absolute Gasteiger partial charge is 0.253 e. The maximum absolute atomic E-state index is 12.9. The molecular formula is C22H27N3O4S. The number of sulfonamides is 1. The SMILES string of the molecule is CCN1CC(CN(C)C(=O)c2ccc(N3CCCS3(=O)=O)cc2)Oc2ccccc21. The summed E-state index contributed by atoms with van der Waals surface area (Å²) in [7, 11) is -1.46. The number of hydrogen-bond donors (Lipinski definition) is 0. The second kappa shape index (κ2) is 8.18. The van der Waals surface area contributed by atoms with Gasteiger partial charge in [-0.15, -0.1) is 0 Å². The van der Waals surface area contributed by atoms with Crippen LogP contribution in [0.3, 0.4) is 0 Å². The summed E-state index contributed by atoms with van der Waals surface area (Å²) < 4.78 is 31.7. The molecule has 2 aromatic carbocycles. The largest absolute Gasteiger partial charge is 0.485 e. The molecule has 2 aromatic rings. The second-order valence-electron chi connectivity index (χ2n) is 7.72. The monoisotopic (exact) mass is 429 g/mol. The molecule has 2 aliphatic rings. The number of fused-ring (bicyclic) bond motifs is 1. The Bertz CT molecular complexity index is 1020. The van der Waals surface area contributed by atoms with Gasteiger partial charge in [0.25, 0.3) is 5.91 Å². The average molecular weight is 430 g/mol. The minimum absolute atomic E-state index is 0.115. The van der Waals surface area contributed by atoms with Crippen LogP contribution in [0.4, 0.5) is 11.4 Å². The standard InChI is InChI=1S/C22H27N3O4S/c1-3-24-16-19(29-21-8-5-4-7-20(21)24)15-23(2)22(26)17-9-11-18(12-10-17)25-13-6-14-30(25,27)28/h4-5,7-12,19H,3,6,13-16H2,1-2H3. The van der Waals surface area contributed by atoms with Gasteiger partial charge in [-0.3, -0.25) is 9.10 Å². The van der Waals surface area contributed by atoms with Crippen molar-refractivity contribution in [3.8, 4) is 5.75 Å². The van der Waals surface area contributed by atoms with Gasteiger partial charge in [0.1, 0.15) is 11.9 Å². The molecule has 1 saturated heterocycles. The van der Waals surface area contributed by atoms with Crippen molar-refractivity contribution in [1.82, 2.24) is 4.90 Å². The lowest BCUT2D eigenvalue weighted by molar-refractivity contribution is 0.0709. The molecule has 1 amide bonds. The van der Waals surface area contributed by atoms with E-state index in [1.807, 2.05) is 24.3 Å². The van der Waals surface area contributed by atoms with Crippen molar-refractivity contribution in [2.75, 3.05) is 48.2 Å². The molecule has 0 radical (unpaired) electrons. The summed E-state index contributed by atoms with van der Waals surface area (Å²) in [5, 5.41) is 0. The van der Waals surface area contributed by atoms with Crippen LogP contribution < -0.4 is 13.9 Å². The molecular weight excluding hydrogens is 402 g/mol. The molecule has 1 unspecified atom stereocenters. The highest BCUT2D eigenvalue weighted by Crippen LogP contribution is 2.33. The zero-order valence-electron chi connectivity index (χ0n) is 17.3. The second-order valence-corrected chi connectivity index (χ2v) is 9.73. The van der Waals surface area contributed by atoms with Crippen LogP contribution in [0.5, 0.6) is 5.75 Å². The number of nitrogens with zero attached hydrogens (tertiary/aromatic N) is 3. The summed E-state index contributed by atoms with van der Waals surface area (Å²) in [6.45, 7) is 4.65. The molecule has 0 N–H and O–H groups in total. The Morgan fingerprint density at radius 2 is 1.90 bits per heavy atom. The lowest BCUT2D eigenvalue weighted by atomic mass is 10.1. The molecule has 2 heterocycles. The molecule has 0 aliphatic carbocycles. The molecule has 0 aromatic heterocycles. The van der Waals surface area contributed by atoms with Crippen LogP contribution in [-0.4, -0.2) is 64.3 Å². The van der Waals surface area contributed by atoms with Crippen LogP contribution in [0.25, 0.3) is 0 Å². The van der Waals surface area contributed by atoms with Gasteiger partial charge in [-0.25, -0.2) is 8.42 Å². The van der Waals surface area contributed by atoms with E-state index in [0.717, 1.165) is 24.5 Å². The highest BCUT2D eigenvalue weighted by atomic mass is 32.2. The number of ether oxygens (including phenoxy) is 1. The summed E-state index contributed by atoms with van der Waals surface area (Å²) in [5.41, 5.74) is 2.22. The van der Waals surface area contributed by atoms with E-state index in [1.54, 1.807) is 36.2 Å². The Kier molecular flexibility index (Phi) is 5.60. The third kappa shape index (κ3) is 3.96. The molecule has 160 valence electrons. The van der Waals surface area contributed by atoms with Gasteiger partial charge >= 0.3 is 0 Å². The Morgan fingerprint density at radius 1 is 1.17 bits per heavy atom. The van der Waals surface area contributed by atoms with E-state index < -0.39 is 10.0 Å². The minimum Gasteiger partial charge on any atom is -0.485 e. The first kappa shape index (κ1) is 20.5. The highest BCUT2D eigenvalue weighted by Gasteiger charge is 2.29. The number of para-hydroxylation sites is 2. The maximum Gasteiger partial charge on any atom is 0.253 e. The highest BCUT2D eigenvalue weighted by molar-refractivity contribution is 7.93. The van der Waals surface area contributed by atoms with Crippen molar-refractivity contribution in [2.45, 2.75) is 19.4 Å². The molecule has 0 bridgehead atoms. The van der Waals surface area contributed by atoms with Crippen LogP contribution in [0.1, 0.15) is 23.7 Å². The van der Waals surface area contributed by atoms with Crippen molar-refractivity contribution in [2.24, 2.45) is 0 Å². The molecule has 7 nitrogen and oxygen atoms in total. The minimum atomic E-state index is -3.22. The van der Waals surface area contributed by atoms with Gasteiger partial charge in [0.05, 0.1) is 30.2 Å².